The van der Waals surface area contributed by atoms with Crippen LogP contribution in [0.5, 0.6) is 0 Å². The lowest BCUT2D eigenvalue weighted by atomic mass is 10.3. The first kappa shape index (κ1) is 10.8. The zero-order valence-corrected chi connectivity index (χ0v) is 10.4. The van der Waals surface area contributed by atoms with E-state index < -0.39 is 0 Å². The molecule has 92 valence electrons. The molecule has 0 aliphatic heterocycles. The van der Waals surface area contributed by atoms with Crippen LogP contribution in [0.15, 0.2) is 30.5 Å². The third-order valence-corrected chi connectivity index (χ3v) is 2.95. The molecule has 2 N–H and O–H groups in total. The minimum atomic E-state index is 0.722. The highest BCUT2D eigenvalue weighted by Gasteiger charge is 2.05. The monoisotopic (exact) mass is 241 g/mol. The summed E-state index contributed by atoms with van der Waals surface area (Å²) in [6.07, 6.45) is 2.02. The van der Waals surface area contributed by atoms with Crippen molar-refractivity contribution in [2.45, 2.75) is 13.5 Å². The molecular formula is C13H15N5. The fourth-order valence-electron chi connectivity index (χ4n) is 2.04. The van der Waals surface area contributed by atoms with E-state index >= 15 is 0 Å². The van der Waals surface area contributed by atoms with Gasteiger partial charge in [0.05, 0.1) is 16.7 Å². The van der Waals surface area contributed by atoms with Gasteiger partial charge < -0.3 is 10.3 Å². The van der Waals surface area contributed by atoms with E-state index in [1.54, 1.807) is 0 Å². The number of imidazole rings is 1. The first-order valence-corrected chi connectivity index (χ1v) is 5.90. The molecule has 0 fully saturated rings. The van der Waals surface area contributed by atoms with Gasteiger partial charge in [-0.05, 0) is 19.1 Å². The minimum Gasteiger partial charge on any atom is -0.352 e. The second-order valence-electron chi connectivity index (χ2n) is 4.37. The summed E-state index contributed by atoms with van der Waals surface area (Å²) in [6.45, 7) is 2.73. The lowest BCUT2D eigenvalue weighted by Crippen LogP contribution is -2.01. The van der Waals surface area contributed by atoms with Gasteiger partial charge >= 0.3 is 0 Å². The predicted molar refractivity (Wildman–Crippen MR) is 71.4 cm³/mol. The molecule has 2 heterocycles. The maximum absolute atomic E-state index is 4.47. The molecule has 0 amide bonds. The minimum absolute atomic E-state index is 0.722. The Morgan fingerprint density at radius 2 is 2.17 bits per heavy atom. The summed E-state index contributed by atoms with van der Waals surface area (Å²) in [7, 11) is 1.93. The van der Waals surface area contributed by atoms with Gasteiger partial charge in [0, 0.05) is 25.4 Å². The number of hydrogen-bond acceptors (Lipinski definition) is 3. The van der Waals surface area contributed by atoms with Crippen molar-refractivity contribution < 1.29 is 0 Å². The predicted octanol–water partition coefficient (Wildman–Crippen LogP) is 2.22. The van der Waals surface area contributed by atoms with Crippen LogP contribution in [0.25, 0.3) is 11.0 Å². The maximum Gasteiger partial charge on any atom is 0.201 e. The Morgan fingerprint density at radius 3 is 2.89 bits per heavy atom. The zero-order valence-electron chi connectivity index (χ0n) is 10.4. The number of aromatic amines is 1. The maximum atomic E-state index is 4.47. The van der Waals surface area contributed by atoms with E-state index in [1.165, 1.54) is 5.56 Å². The highest BCUT2D eigenvalue weighted by atomic mass is 15.3. The molecule has 5 nitrogen and oxygen atoms in total. The fraction of sp³-hybridized carbons (Fsp3) is 0.231. The molecule has 0 bridgehead atoms. The number of hydrogen-bond donors (Lipinski definition) is 2. The van der Waals surface area contributed by atoms with Gasteiger partial charge in [0.25, 0.3) is 0 Å². The molecule has 0 unspecified atom stereocenters. The highest BCUT2D eigenvalue weighted by molar-refractivity contribution is 5.77. The smallest absolute Gasteiger partial charge is 0.201 e. The molecule has 0 radical (unpaired) electrons. The van der Waals surface area contributed by atoms with E-state index in [-0.39, 0.29) is 0 Å². The number of nitrogens with zero attached hydrogens (tertiary/aromatic N) is 3. The molecule has 18 heavy (non-hydrogen) atoms. The van der Waals surface area contributed by atoms with Gasteiger partial charge in [0.2, 0.25) is 5.95 Å². The molecular weight excluding hydrogens is 226 g/mol. The highest BCUT2D eigenvalue weighted by Crippen LogP contribution is 2.14. The summed E-state index contributed by atoms with van der Waals surface area (Å²) in [5.74, 6) is 0.791. The molecule has 0 saturated carbocycles. The van der Waals surface area contributed by atoms with E-state index in [4.69, 9.17) is 0 Å². The van der Waals surface area contributed by atoms with Crippen molar-refractivity contribution in [3.63, 3.8) is 0 Å². The van der Waals surface area contributed by atoms with Crippen LogP contribution in [0.3, 0.4) is 0 Å². The fourth-order valence-corrected chi connectivity index (χ4v) is 2.04. The van der Waals surface area contributed by atoms with Crippen molar-refractivity contribution in [2.75, 3.05) is 5.32 Å². The molecule has 0 aliphatic rings. The molecule has 0 saturated heterocycles. The Bertz CT molecular complexity index is 647. The Labute approximate surface area is 105 Å². The van der Waals surface area contributed by atoms with Gasteiger partial charge in [-0.1, -0.05) is 12.1 Å². The van der Waals surface area contributed by atoms with Crippen LogP contribution in [0.2, 0.25) is 0 Å². The van der Waals surface area contributed by atoms with Gasteiger partial charge in [-0.25, -0.2) is 4.98 Å². The third-order valence-electron chi connectivity index (χ3n) is 2.95. The summed E-state index contributed by atoms with van der Waals surface area (Å²) in [5, 5.41) is 7.60. The van der Waals surface area contributed by atoms with E-state index in [9.17, 15) is 0 Å². The Kier molecular flexibility index (Phi) is 2.51. The molecule has 0 aliphatic carbocycles. The second-order valence-corrected chi connectivity index (χ2v) is 4.37. The molecule has 2 aromatic heterocycles. The quantitative estimate of drug-likeness (QED) is 0.739. The molecule has 0 atom stereocenters. The Balaban J connectivity index is 1.78. The van der Waals surface area contributed by atoms with Gasteiger partial charge in [-0.3, -0.25) is 4.68 Å². The summed E-state index contributed by atoms with van der Waals surface area (Å²) in [6, 6.07) is 7.99. The standard InChI is InChI=1S/C13H15N5/c1-9-10(8-18(2)17-9)7-14-13-15-11-5-3-4-6-12(11)16-13/h3-6,8H,7H2,1-2H3,(H2,14,15,16). The zero-order chi connectivity index (χ0) is 12.5. The SMILES string of the molecule is Cc1nn(C)cc1CNc1nc2ccccc2[nH]1. The van der Waals surface area contributed by atoms with Crippen LogP contribution in [-0.4, -0.2) is 19.7 Å². The third kappa shape index (κ3) is 1.95. The first-order valence-electron chi connectivity index (χ1n) is 5.90. The van der Waals surface area contributed by atoms with Crippen molar-refractivity contribution >= 4 is 17.0 Å². The van der Waals surface area contributed by atoms with Crippen LogP contribution < -0.4 is 5.32 Å². The average Bonchev–Trinajstić information content (AvgIpc) is 2.89. The number of rotatable bonds is 3. The summed E-state index contributed by atoms with van der Waals surface area (Å²) in [5.41, 5.74) is 4.24. The van der Waals surface area contributed by atoms with Crippen LogP contribution in [0, 0.1) is 6.92 Å². The Morgan fingerprint density at radius 1 is 1.33 bits per heavy atom. The largest absolute Gasteiger partial charge is 0.352 e. The molecule has 5 heteroatoms. The molecule has 0 spiro atoms. The average molecular weight is 241 g/mol. The van der Waals surface area contributed by atoms with Gasteiger partial charge in [-0.2, -0.15) is 5.10 Å². The summed E-state index contributed by atoms with van der Waals surface area (Å²) >= 11 is 0. The number of aromatic nitrogens is 4. The number of nitrogens with one attached hydrogen (secondary N) is 2. The molecule has 3 aromatic rings. The number of aryl methyl sites for hydroxylation is 2. The van der Waals surface area contributed by atoms with Crippen LogP contribution in [-0.2, 0) is 13.6 Å². The second kappa shape index (κ2) is 4.18. The molecule has 3 rings (SSSR count). The first-order chi connectivity index (χ1) is 8.72. The van der Waals surface area contributed by atoms with Crippen molar-refractivity contribution in [1.29, 1.82) is 0 Å². The number of H-pyrrole nitrogens is 1. The van der Waals surface area contributed by atoms with Crippen molar-refractivity contribution in [3.8, 4) is 0 Å². The van der Waals surface area contributed by atoms with Gasteiger partial charge in [0.15, 0.2) is 0 Å². The normalized spacial score (nSPS) is 11.0. The number of benzene rings is 1. The van der Waals surface area contributed by atoms with Crippen molar-refractivity contribution in [3.05, 3.63) is 41.7 Å². The summed E-state index contributed by atoms with van der Waals surface area (Å²) in [4.78, 5) is 7.71. The van der Waals surface area contributed by atoms with Crippen LogP contribution >= 0.6 is 0 Å². The van der Waals surface area contributed by atoms with Crippen LogP contribution in [0.4, 0.5) is 5.95 Å². The van der Waals surface area contributed by atoms with Gasteiger partial charge in [0.1, 0.15) is 0 Å². The topological polar surface area (TPSA) is 58.5 Å². The number of para-hydroxylation sites is 2. The van der Waals surface area contributed by atoms with E-state index in [0.717, 1.165) is 29.2 Å². The number of anilines is 1. The van der Waals surface area contributed by atoms with Crippen LogP contribution in [0.1, 0.15) is 11.3 Å². The number of fused-ring (bicyclic) bond motifs is 1. The lowest BCUT2D eigenvalue weighted by Gasteiger charge is -2.00. The van der Waals surface area contributed by atoms with E-state index in [2.05, 4.69) is 20.4 Å². The Hall–Kier alpha value is -2.30. The lowest BCUT2D eigenvalue weighted by molar-refractivity contribution is 0.756. The van der Waals surface area contributed by atoms with Crippen molar-refractivity contribution in [1.82, 2.24) is 19.7 Å². The van der Waals surface area contributed by atoms with E-state index in [0.29, 0.717) is 0 Å². The van der Waals surface area contributed by atoms with Crippen molar-refractivity contribution in [2.24, 2.45) is 7.05 Å². The van der Waals surface area contributed by atoms with E-state index in [1.807, 2.05) is 49.1 Å². The van der Waals surface area contributed by atoms with Gasteiger partial charge in [-0.15, -0.1) is 0 Å². The molecule has 1 aromatic carbocycles. The summed E-state index contributed by atoms with van der Waals surface area (Å²) < 4.78 is 1.82.